The number of rotatable bonds is 10. The van der Waals surface area contributed by atoms with Crippen LogP contribution < -0.4 is 9.47 Å². The SMILES string of the molecule is CCN1CC2(COC)CCC(OC)C34C5CC6C(OC)CC(O)(C(CC23)C14)C5C6OC(=O)/C=C/c1ccc(OC)c(OC)c1. The maximum absolute atomic E-state index is 13.5. The van der Waals surface area contributed by atoms with Crippen LogP contribution in [-0.4, -0.2) is 101 Å². The van der Waals surface area contributed by atoms with Crippen LogP contribution in [0.25, 0.3) is 6.08 Å². The smallest absolute Gasteiger partial charge is 0.331 e. The summed E-state index contributed by atoms with van der Waals surface area (Å²) in [6.07, 6.45) is 7.20. The quantitative estimate of drug-likeness (QED) is 0.313. The van der Waals surface area contributed by atoms with Crippen molar-refractivity contribution < 1.29 is 38.3 Å². The Morgan fingerprint density at radius 2 is 1.86 bits per heavy atom. The number of nitrogens with zero attached hydrogens (tertiary/aromatic N) is 1. The largest absolute Gasteiger partial charge is 0.493 e. The van der Waals surface area contributed by atoms with E-state index in [1.165, 1.54) is 6.08 Å². The van der Waals surface area contributed by atoms with E-state index in [9.17, 15) is 9.90 Å². The molecule has 7 rings (SSSR count). The van der Waals surface area contributed by atoms with Gasteiger partial charge in [0.25, 0.3) is 0 Å². The van der Waals surface area contributed by atoms with Crippen LogP contribution in [0.15, 0.2) is 24.3 Å². The molecule has 1 spiro atoms. The summed E-state index contributed by atoms with van der Waals surface area (Å²) in [6, 6.07) is 5.75. The average Bonchev–Trinajstić information content (AvgIpc) is 3.48. The standard InChI is InChI=1S/C35H49NO8/c1-7-36-18-33(19-39-2)13-12-28(43-6)35-22-15-21-26(42-5)17-34(38,23(32(35)36)16-27(33)35)30(22)31(21)44-29(37)11-9-20-8-10-24(40-3)25(14-20)41-4/h8-11,14,21-23,26-28,30-32,38H,7,12-13,15-19H2,1-6H3/b11-9+. The van der Waals surface area contributed by atoms with Crippen molar-refractivity contribution >= 4 is 12.0 Å². The van der Waals surface area contributed by atoms with E-state index in [0.29, 0.717) is 23.8 Å². The normalized spacial score (nSPS) is 45.0. The van der Waals surface area contributed by atoms with Gasteiger partial charge in [-0.1, -0.05) is 13.0 Å². The third-order valence-corrected chi connectivity index (χ3v) is 13.2. The third-order valence-electron chi connectivity index (χ3n) is 13.2. The molecule has 1 heterocycles. The zero-order valence-corrected chi connectivity index (χ0v) is 27.0. The molecule has 5 aliphatic carbocycles. The maximum atomic E-state index is 13.5. The van der Waals surface area contributed by atoms with Crippen LogP contribution in [0.2, 0.25) is 0 Å². The molecule has 242 valence electrons. The Labute approximate surface area is 261 Å². The zero-order chi connectivity index (χ0) is 31.0. The minimum atomic E-state index is -0.988. The number of ether oxygens (including phenoxy) is 6. The number of likely N-dealkylation sites (tertiary alicyclic amines) is 1. The van der Waals surface area contributed by atoms with E-state index in [0.717, 1.165) is 50.9 Å². The van der Waals surface area contributed by atoms with Crippen LogP contribution in [0.5, 0.6) is 11.5 Å². The highest BCUT2D eigenvalue weighted by molar-refractivity contribution is 5.87. The van der Waals surface area contributed by atoms with Crippen molar-refractivity contribution in [3.63, 3.8) is 0 Å². The second kappa shape index (κ2) is 11.0. The van der Waals surface area contributed by atoms with Crippen LogP contribution in [0.1, 0.15) is 44.6 Å². The zero-order valence-electron chi connectivity index (χ0n) is 27.0. The van der Waals surface area contributed by atoms with Crippen molar-refractivity contribution in [3.8, 4) is 11.5 Å². The van der Waals surface area contributed by atoms with Crippen molar-refractivity contribution in [1.82, 2.24) is 4.90 Å². The molecule has 1 aliphatic heterocycles. The first kappa shape index (κ1) is 30.5. The molecule has 7 bridgehead atoms. The summed E-state index contributed by atoms with van der Waals surface area (Å²) < 4.78 is 35.7. The molecule has 9 nitrogen and oxygen atoms in total. The number of esters is 1. The maximum Gasteiger partial charge on any atom is 0.331 e. The monoisotopic (exact) mass is 611 g/mol. The summed E-state index contributed by atoms with van der Waals surface area (Å²) in [5.74, 6) is 1.30. The lowest BCUT2D eigenvalue weighted by atomic mass is 9.43. The van der Waals surface area contributed by atoms with Gasteiger partial charge in [0.1, 0.15) is 6.10 Å². The van der Waals surface area contributed by atoms with Crippen LogP contribution in [0, 0.1) is 40.4 Å². The van der Waals surface area contributed by atoms with E-state index >= 15 is 0 Å². The van der Waals surface area contributed by atoms with E-state index in [2.05, 4.69) is 11.8 Å². The fourth-order valence-corrected chi connectivity index (χ4v) is 12.1. The highest BCUT2D eigenvalue weighted by atomic mass is 16.6. The van der Waals surface area contributed by atoms with Gasteiger partial charge < -0.3 is 33.5 Å². The first-order valence-electron chi connectivity index (χ1n) is 16.4. The number of methoxy groups -OCH3 is 5. The molecule has 44 heavy (non-hydrogen) atoms. The van der Waals surface area contributed by atoms with Crippen molar-refractivity contribution in [2.24, 2.45) is 40.4 Å². The Morgan fingerprint density at radius 3 is 2.55 bits per heavy atom. The van der Waals surface area contributed by atoms with Crippen molar-refractivity contribution in [2.75, 3.05) is 55.2 Å². The predicted octanol–water partition coefficient (Wildman–Crippen LogP) is 3.81. The lowest BCUT2D eigenvalue weighted by Gasteiger charge is -2.69. The molecule has 9 heteroatoms. The second-order valence-corrected chi connectivity index (χ2v) is 14.3. The van der Waals surface area contributed by atoms with Crippen LogP contribution in [0.3, 0.4) is 0 Å². The molecule has 5 saturated carbocycles. The number of hydrogen-bond acceptors (Lipinski definition) is 9. The average molecular weight is 612 g/mol. The van der Waals surface area contributed by atoms with E-state index in [1.807, 2.05) is 32.4 Å². The highest BCUT2D eigenvalue weighted by Gasteiger charge is 2.84. The molecule has 12 atom stereocenters. The summed E-state index contributed by atoms with van der Waals surface area (Å²) in [6.45, 7) is 4.92. The Kier molecular flexibility index (Phi) is 7.60. The predicted molar refractivity (Wildman–Crippen MR) is 163 cm³/mol. The lowest BCUT2D eigenvalue weighted by molar-refractivity contribution is -0.277. The number of carbonyl (C=O) groups excluding carboxylic acids is 1. The van der Waals surface area contributed by atoms with E-state index in [-0.39, 0.29) is 52.8 Å². The molecule has 6 aliphatic rings. The summed E-state index contributed by atoms with van der Waals surface area (Å²) in [5.41, 5.74) is -0.273. The van der Waals surface area contributed by atoms with Crippen LogP contribution in [-0.2, 0) is 23.7 Å². The van der Waals surface area contributed by atoms with Gasteiger partial charge in [-0.05, 0) is 67.8 Å². The molecule has 0 amide bonds. The number of carbonyl (C=O) groups is 1. The molecule has 12 unspecified atom stereocenters. The molecule has 1 saturated heterocycles. The molecular weight excluding hydrogens is 562 g/mol. The first-order valence-corrected chi connectivity index (χ1v) is 16.4. The molecule has 6 fully saturated rings. The van der Waals surface area contributed by atoms with Gasteiger partial charge in [0, 0.05) is 75.0 Å². The number of fused-ring (bicyclic) bond motifs is 2. The topological polar surface area (TPSA) is 95.9 Å². The highest BCUT2D eigenvalue weighted by Crippen LogP contribution is 2.79. The fourth-order valence-electron chi connectivity index (χ4n) is 12.1. The number of piperidine rings is 1. The van der Waals surface area contributed by atoms with Gasteiger partial charge in [-0.2, -0.15) is 0 Å². The first-order chi connectivity index (χ1) is 21.3. The summed E-state index contributed by atoms with van der Waals surface area (Å²) in [5, 5.41) is 13.0. The van der Waals surface area contributed by atoms with Gasteiger partial charge in [0.2, 0.25) is 0 Å². The van der Waals surface area contributed by atoms with Gasteiger partial charge in [-0.25, -0.2) is 4.79 Å². The molecular formula is C35H49NO8. The Balaban J connectivity index is 1.26. The molecule has 0 aromatic heterocycles. The Hall–Kier alpha value is -2.17. The fraction of sp³-hybridized carbons (Fsp3) is 0.743. The molecule has 0 radical (unpaired) electrons. The third kappa shape index (κ3) is 3.92. The number of benzene rings is 1. The molecule has 1 aromatic rings. The second-order valence-electron chi connectivity index (χ2n) is 14.3. The van der Waals surface area contributed by atoms with Gasteiger partial charge in [-0.15, -0.1) is 0 Å². The van der Waals surface area contributed by atoms with Gasteiger partial charge in [-0.3, -0.25) is 4.90 Å². The minimum Gasteiger partial charge on any atom is -0.493 e. The lowest BCUT2D eigenvalue weighted by Crippen LogP contribution is -2.76. The summed E-state index contributed by atoms with van der Waals surface area (Å²) in [7, 11) is 8.63. The van der Waals surface area contributed by atoms with Gasteiger partial charge in [0.05, 0.1) is 38.6 Å². The van der Waals surface area contributed by atoms with Crippen LogP contribution >= 0.6 is 0 Å². The van der Waals surface area contributed by atoms with Crippen molar-refractivity contribution in [2.45, 2.75) is 69.0 Å². The van der Waals surface area contributed by atoms with Gasteiger partial charge in [0.15, 0.2) is 11.5 Å². The Morgan fingerprint density at radius 1 is 1.07 bits per heavy atom. The number of hydrogen-bond donors (Lipinski definition) is 1. The van der Waals surface area contributed by atoms with Crippen molar-refractivity contribution in [3.05, 3.63) is 29.8 Å². The molecule has 1 N–H and O–H groups in total. The van der Waals surface area contributed by atoms with E-state index in [4.69, 9.17) is 28.4 Å². The van der Waals surface area contributed by atoms with Gasteiger partial charge >= 0.3 is 5.97 Å². The van der Waals surface area contributed by atoms with E-state index < -0.39 is 17.7 Å². The summed E-state index contributed by atoms with van der Waals surface area (Å²) in [4.78, 5) is 16.2. The molecule has 1 aromatic carbocycles. The van der Waals surface area contributed by atoms with E-state index in [1.54, 1.807) is 27.4 Å². The summed E-state index contributed by atoms with van der Waals surface area (Å²) >= 11 is 0. The number of aliphatic hydroxyl groups is 1. The van der Waals surface area contributed by atoms with Crippen LogP contribution in [0.4, 0.5) is 0 Å². The minimum absolute atomic E-state index is 0.0227. The Bertz CT molecular complexity index is 1300. The van der Waals surface area contributed by atoms with Crippen molar-refractivity contribution in [1.29, 1.82) is 0 Å².